The zero-order chi connectivity index (χ0) is 18.6. The van der Waals surface area contributed by atoms with Gasteiger partial charge in [-0.2, -0.15) is 0 Å². The van der Waals surface area contributed by atoms with Crippen LogP contribution in [0.2, 0.25) is 0 Å². The molecule has 0 aromatic heterocycles. The van der Waals surface area contributed by atoms with E-state index < -0.39 is 33.3 Å². The van der Waals surface area contributed by atoms with Crippen LogP contribution in [0.1, 0.15) is 0 Å². The minimum absolute atomic E-state index is 0.0464. The number of benzene rings is 2. The summed E-state index contributed by atoms with van der Waals surface area (Å²) in [7, 11) is -3.13. The number of carbonyl (C=O) groups excluding carboxylic acids is 1. The lowest BCUT2D eigenvalue weighted by Crippen LogP contribution is -2.36. The normalized spacial score (nSPS) is 11.0. The number of non-ortho nitro benzene ring substituents is 1. The molecule has 0 N–H and O–H groups in total. The fourth-order valence-electron chi connectivity index (χ4n) is 1.97. The highest BCUT2D eigenvalue weighted by Crippen LogP contribution is 2.25. The standard InChI is InChI=1S/C15H13FN2O6S/c1-24-15(19)10-17(12-4-2-11(16)3-5-12)25(22,23)14-8-6-13(7-9-14)18(20)21/h2-9H,10H2,1H3. The summed E-state index contributed by atoms with van der Waals surface area (Å²) < 4.78 is 43.9. The SMILES string of the molecule is COC(=O)CN(c1ccc(F)cc1)S(=O)(=O)c1ccc([N+](=O)[O-])cc1. The third-order valence-corrected chi connectivity index (χ3v) is 5.04. The summed E-state index contributed by atoms with van der Waals surface area (Å²) in [4.78, 5) is 21.4. The second-order valence-corrected chi connectivity index (χ2v) is 6.68. The molecular weight excluding hydrogens is 355 g/mol. The molecule has 2 aromatic carbocycles. The van der Waals surface area contributed by atoms with Gasteiger partial charge in [0, 0.05) is 12.1 Å². The molecule has 0 fully saturated rings. The number of anilines is 1. The Morgan fingerprint density at radius 2 is 1.72 bits per heavy atom. The van der Waals surface area contributed by atoms with Crippen LogP contribution in [0.25, 0.3) is 0 Å². The van der Waals surface area contributed by atoms with E-state index in [1.54, 1.807) is 0 Å². The van der Waals surface area contributed by atoms with Gasteiger partial charge in [0.1, 0.15) is 12.4 Å². The van der Waals surface area contributed by atoms with Crippen molar-refractivity contribution < 1.29 is 27.3 Å². The highest BCUT2D eigenvalue weighted by molar-refractivity contribution is 7.92. The Hall–Kier alpha value is -3.01. The molecule has 8 nitrogen and oxygen atoms in total. The number of rotatable bonds is 6. The number of sulfonamides is 1. The van der Waals surface area contributed by atoms with Crippen molar-refractivity contribution in [3.05, 3.63) is 64.5 Å². The first-order valence-electron chi connectivity index (χ1n) is 6.85. The lowest BCUT2D eigenvalue weighted by Gasteiger charge is -2.23. The van der Waals surface area contributed by atoms with Crippen molar-refractivity contribution in [3.63, 3.8) is 0 Å². The maximum Gasteiger partial charge on any atom is 0.326 e. The van der Waals surface area contributed by atoms with Gasteiger partial charge in [0.2, 0.25) is 0 Å². The summed E-state index contributed by atoms with van der Waals surface area (Å²) >= 11 is 0. The van der Waals surface area contributed by atoms with Crippen molar-refractivity contribution in [3.8, 4) is 0 Å². The molecule has 25 heavy (non-hydrogen) atoms. The Morgan fingerprint density at radius 1 is 1.16 bits per heavy atom. The number of esters is 1. The summed E-state index contributed by atoms with van der Waals surface area (Å²) in [6, 6.07) is 8.67. The van der Waals surface area contributed by atoms with E-state index in [9.17, 15) is 27.7 Å². The predicted octanol–water partition coefficient (Wildman–Crippen LogP) is 2.10. The maximum absolute atomic E-state index is 13.1. The zero-order valence-electron chi connectivity index (χ0n) is 13.0. The number of nitro groups is 1. The number of methoxy groups -OCH3 is 1. The Balaban J connectivity index is 2.48. The van der Waals surface area contributed by atoms with E-state index in [-0.39, 0.29) is 16.3 Å². The Morgan fingerprint density at radius 3 is 2.20 bits per heavy atom. The van der Waals surface area contributed by atoms with Crippen molar-refractivity contribution in [1.82, 2.24) is 0 Å². The summed E-state index contributed by atoms with van der Waals surface area (Å²) in [5.74, 6) is -1.40. The fraction of sp³-hybridized carbons (Fsp3) is 0.133. The summed E-state index contributed by atoms with van der Waals surface area (Å²) in [5, 5.41) is 10.7. The molecule has 0 bridgehead atoms. The molecule has 0 spiro atoms. The van der Waals surface area contributed by atoms with Crippen molar-refractivity contribution in [1.29, 1.82) is 0 Å². The molecule has 0 saturated carbocycles. The summed E-state index contributed by atoms with van der Waals surface area (Å²) in [6.07, 6.45) is 0. The molecule has 0 heterocycles. The smallest absolute Gasteiger partial charge is 0.326 e. The third kappa shape index (κ3) is 4.10. The molecule has 0 amide bonds. The van der Waals surface area contributed by atoms with Crippen LogP contribution in [0.3, 0.4) is 0 Å². The first-order valence-corrected chi connectivity index (χ1v) is 8.29. The number of nitro benzene ring substituents is 1. The predicted molar refractivity (Wildman–Crippen MR) is 86.0 cm³/mol. The van der Waals surface area contributed by atoms with Crippen LogP contribution in [0.4, 0.5) is 15.8 Å². The van der Waals surface area contributed by atoms with Gasteiger partial charge in [0.25, 0.3) is 15.7 Å². The van der Waals surface area contributed by atoms with Gasteiger partial charge in [-0.15, -0.1) is 0 Å². The van der Waals surface area contributed by atoms with Crippen molar-refractivity contribution in [2.75, 3.05) is 18.0 Å². The second-order valence-electron chi connectivity index (χ2n) is 4.82. The number of carbonyl (C=O) groups is 1. The topological polar surface area (TPSA) is 107 Å². The molecule has 0 radical (unpaired) electrons. The lowest BCUT2D eigenvalue weighted by atomic mass is 10.3. The van der Waals surface area contributed by atoms with Crippen LogP contribution in [0.5, 0.6) is 0 Å². The average Bonchev–Trinajstić information content (AvgIpc) is 2.60. The highest BCUT2D eigenvalue weighted by Gasteiger charge is 2.28. The monoisotopic (exact) mass is 368 g/mol. The van der Waals surface area contributed by atoms with E-state index in [0.717, 1.165) is 47.8 Å². The molecule has 2 aromatic rings. The molecule has 10 heteroatoms. The second kappa shape index (κ2) is 7.26. The highest BCUT2D eigenvalue weighted by atomic mass is 32.2. The van der Waals surface area contributed by atoms with Crippen LogP contribution >= 0.6 is 0 Å². The van der Waals surface area contributed by atoms with Gasteiger partial charge in [-0.1, -0.05) is 0 Å². The largest absolute Gasteiger partial charge is 0.468 e. The lowest BCUT2D eigenvalue weighted by molar-refractivity contribution is -0.384. The number of hydrogen-bond donors (Lipinski definition) is 0. The number of hydrogen-bond acceptors (Lipinski definition) is 6. The van der Waals surface area contributed by atoms with Crippen molar-refractivity contribution >= 4 is 27.4 Å². The molecule has 2 rings (SSSR count). The molecular formula is C15H13FN2O6S. The van der Waals surface area contributed by atoms with Gasteiger partial charge in [-0.05, 0) is 36.4 Å². The summed E-state index contributed by atoms with van der Waals surface area (Å²) in [6.45, 7) is -0.637. The van der Waals surface area contributed by atoms with Gasteiger partial charge < -0.3 is 4.74 Å². The Kier molecular flexibility index (Phi) is 5.32. The van der Waals surface area contributed by atoms with E-state index in [0.29, 0.717) is 0 Å². The Bertz CT molecular complexity index is 881. The van der Waals surface area contributed by atoms with Gasteiger partial charge in [-0.25, -0.2) is 12.8 Å². The number of nitrogens with zero attached hydrogens (tertiary/aromatic N) is 2. The molecule has 0 aliphatic heterocycles. The van der Waals surface area contributed by atoms with Gasteiger partial charge in [-0.3, -0.25) is 19.2 Å². The van der Waals surface area contributed by atoms with Crippen LogP contribution in [0.15, 0.2) is 53.4 Å². The Labute approximate surface area is 142 Å². The molecule has 0 aliphatic rings. The van der Waals surface area contributed by atoms with Crippen LogP contribution < -0.4 is 4.31 Å². The number of ether oxygens (including phenoxy) is 1. The molecule has 0 atom stereocenters. The van der Waals surface area contributed by atoms with E-state index in [1.807, 2.05) is 0 Å². The van der Waals surface area contributed by atoms with Crippen molar-refractivity contribution in [2.24, 2.45) is 0 Å². The van der Waals surface area contributed by atoms with Crippen LogP contribution in [0, 0.1) is 15.9 Å². The van der Waals surface area contributed by atoms with Gasteiger partial charge >= 0.3 is 5.97 Å². The third-order valence-electron chi connectivity index (χ3n) is 3.25. The van der Waals surface area contributed by atoms with Crippen LogP contribution in [-0.2, 0) is 19.6 Å². The van der Waals surface area contributed by atoms with Crippen molar-refractivity contribution in [2.45, 2.75) is 4.90 Å². The molecule has 0 unspecified atom stereocenters. The molecule has 0 aliphatic carbocycles. The average molecular weight is 368 g/mol. The minimum Gasteiger partial charge on any atom is -0.468 e. The van der Waals surface area contributed by atoms with E-state index in [4.69, 9.17) is 0 Å². The first kappa shape index (κ1) is 18.3. The van der Waals surface area contributed by atoms with E-state index in [1.165, 1.54) is 12.1 Å². The first-order chi connectivity index (χ1) is 11.8. The van der Waals surface area contributed by atoms with Crippen LogP contribution in [-0.4, -0.2) is 33.0 Å². The quantitative estimate of drug-likeness (QED) is 0.439. The van der Waals surface area contributed by atoms with Gasteiger partial charge in [0.15, 0.2) is 0 Å². The molecule has 132 valence electrons. The van der Waals surface area contributed by atoms with E-state index in [2.05, 4.69) is 4.74 Å². The molecule has 0 saturated heterocycles. The van der Waals surface area contributed by atoms with E-state index >= 15 is 0 Å². The maximum atomic E-state index is 13.1. The number of halogens is 1. The minimum atomic E-state index is -4.23. The fourth-order valence-corrected chi connectivity index (χ4v) is 3.38. The zero-order valence-corrected chi connectivity index (χ0v) is 13.8. The van der Waals surface area contributed by atoms with Gasteiger partial charge in [0.05, 0.1) is 22.6 Å². The summed E-state index contributed by atoms with van der Waals surface area (Å²) in [5.41, 5.74) is -0.231.